The van der Waals surface area contributed by atoms with Gasteiger partial charge < -0.3 is 19.3 Å². The zero-order valence-corrected chi connectivity index (χ0v) is 25.0. The molecule has 1 aliphatic rings. The first kappa shape index (κ1) is 30.5. The molecule has 4 rings (SSSR count). The summed E-state index contributed by atoms with van der Waals surface area (Å²) in [5, 5.41) is 9.75. The number of ether oxygens (including phenoxy) is 1. The van der Waals surface area contributed by atoms with E-state index in [9.17, 15) is 26.7 Å². The molecule has 0 radical (unpaired) electrons. The van der Waals surface area contributed by atoms with Gasteiger partial charge in [0.05, 0.1) is 36.8 Å². The van der Waals surface area contributed by atoms with Gasteiger partial charge in [-0.05, 0) is 37.3 Å². The number of aliphatic hydroxyl groups is 1. The summed E-state index contributed by atoms with van der Waals surface area (Å²) in [6.07, 6.45) is 2.01. The van der Waals surface area contributed by atoms with E-state index in [-0.39, 0.29) is 53.6 Å². The molecule has 3 aromatic rings. The Morgan fingerprint density at radius 1 is 1.17 bits per heavy atom. The molecule has 1 aliphatic heterocycles. The highest BCUT2D eigenvalue weighted by Gasteiger charge is 2.34. The van der Waals surface area contributed by atoms with Gasteiger partial charge in [0.1, 0.15) is 11.9 Å². The first-order chi connectivity index (χ1) is 19.3. The van der Waals surface area contributed by atoms with E-state index in [4.69, 9.17) is 4.74 Å². The number of rotatable bonds is 9. The van der Waals surface area contributed by atoms with Gasteiger partial charge in [0.15, 0.2) is 5.03 Å². The van der Waals surface area contributed by atoms with Crippen molar-refractivity contribution in [1.82, 2.24) is 18.8 Å². The van der Waals surface area contributed by atoms with Gasteiger partial charge in [-0.3, -0.25) is 9.52 Å². The second kappa shape index (κ2) is 12.2. The minimum atomic E-state index is -3.92. The fourth-order valence-electron chi connectivity index (χ4n) is 4.56. The molecule has 0 saturated heterocycles. The summed E-state index contributed by atoms with van der Waals surface area (Å²) >= 11 is 0. The summed E-state index contributed by atoms with van der Waals surface area (Å²) in [7, 11) is -4.69. The predicted molar refractivity (Wildman–Crippen MR) is 152 cm³/mol. The van der Waals surface area contributed by atoms with Crippen molar-refractivity contribution < 1.29 is 31.5 Å². The maximum Gasteiger partial charge on any atom is 0.261 e. The number of aliphatic hydroxyl groups excluding tert-OH is 1. The zero-order chi connectivity index (χ0) is 29.9. The summed E-state index contributed by atoms with van der Waals surface area (Å²) in [6, 6.07) is 12.0. The molecule has 1 aromatic heterocycles. The molecule has 0 fully saturated rings. The number of fused-ring (bicyclic) bond motifs is 1. The van der Waals surface area contributed by atoms with Gasteiger partial charge in [-0.15, -0.1) is 0 Å². The lowest BCUT2D eigenvalue weighted by Crippen LogP contribution is -2.48. The fourth-order valence-corrected chi connectivity index (χ4v) is 6.77. The summed E-state index contributed by atoms with van der Waals surface area (Å²) < 4.78 is 63.8. The first-order valence-corrected chi connectivity index (χ1v) is 16.0. The molecule has 41 heavy (non-hydrogen) atoms. The molecular weight excluding hydrogens is 570 g/mol. The molecule has 0 saturated carbocycles. The number of amides is 1. The second-order valence-electron chi connectivity index (χ2n) is 10.3. The third kappa shape index (κ3) is 6.89. The second-order valence-corrected chi connectivity index (χ2v) is 14.0. The van der Waals surface area contributed by atoms with Crippen LogP contribution in [0.4, 0.5) is 5.69 Å². The summed E-state index contributed by atoms with van der Waals surface area (Å²) in [6.45, 7) is 3.48. The van der Waals surface area contributed by atoms with E-state index in [1.165, 1.54) is 43.8 Å². The minimum Gasteiger partial charge on any atom is -0.488 e. The number of likely N-dealkylation sites (N-methyl/N-ethyl adjacent to an activating group) is 1. The SMILES string of the molecule is C[C@@H]1CN([C@H](C)CO)C(=O)Cc2cc(NS(=O)(=O)c3ccccc3)ccc2O[C@H]1CN(C)S(=O)(=O)c1cn(C)cn1. The average Bonchev–Trinajstić information content (AvgIpc) is 3.40. The number of benzene rings is 2. The number of hydrogen-bond acceptors (Lipinski definition) is 8. The van der Waals surface area contributed by atoms with Crippen LogP contribution in [0.5, 0.6) is 5.75 Å². The van der Waals surface area contributed by atoms with Gasteiger partial charge in [-0.1, -0.05) is 25.1 Å². The van der Waals surface area contributed by atoms with Crippen LogP contribution in [0.2, 0.25) is 0 Å². The van der Waals surface area contributed by atoms with Crippen molar-refractivity contribution in [3.8, 4) is 5.75 Å². The molecule has 2 N–H and O–H groups in total. The molecule has 0 unspecified atom stereocenters. The fraction of sp³-hybridized carbons (Fsp3) is 0.407. The molecular formula is C27H35N5O7S2. The maximum absolute atomic E-state index is 13.4. The Morgan fingerprint density at radius 2 is 1.88 bits per heavy atom. The third-order valence-electron chi connectivity index (χ3n) is 7.02. The molecule has 14 heteroatoms. The van der Waals surface area contributed by atoms with Crippen LogP contribution >= 0.6 is 0 Å². The van der Waals surface area contributed by atoms with E-state index in [1.807, 2.05) is 6.92 Å². The number of aromatic nitrogens is 2. The smallest absolute Gasteiger partial charge is 0.261 e. The van der Waals surface area contributed by atoms with E-state index in [2.05, 4.69) is 9.71 Å². The number of sulfonamides is 2. The Bertz CT molecular complexity index is 1590. The number of imidazole rings is 1. The van der Waals surface area contributed by atoms with Crippen molar-refractivity contribution in [1.29, 1.82) is 0 Å². The minimum absolute atomic E-state index is 0.0442. The molecule has 2 heterocycles. The molecule has 12 nitrogen and oxygen atoms in total. The average molecular weight is 606 g/mol. The molecule has 0 bridgehead atoms. The highest BCUT2D eigenvalue weighted by molar-refractivity contribution is 7.92. The Morgan fingerprint density at radius 3 is 2.51 bits per heavy atom. The third-order valence-corrected chi connectivity index (χ3v) is 10.1. The number of nitrogens with zero attached hydrogens (tertiary/aromatic N) is 4. The first-order valence-electron chi connectivity index (χ1n) is 13.0. The van der Waals surface area contributed by atoms with Gasteiger partial charge in [-0.2, -0.15) is 4.31 Å². The van der Waals surface area contributed by atoms with E-state index >= 15 is 0 Å². The molecule has 0 aliphatic carbocycles. The summed E-state index contributed by atoms with van der Waals surface area (Å²) in [5.41, 5.74) is 0.664. The molecule has 2 aromatic carbocycles. The Labute approximate surface area is 240 Å². The Balaban J connectivity index is 1.68. The lowest BCUT2D eigenvalue weighted by molar-refractivity contribution is -0.134. The summed E-state index contributed by atoms with van der Waals surface area (Å²) in [4.78, 5) is 19.0. The number of carbonyl (C=O) groups excluding carboxylic acids is 1. The van der Waals surface area contributed by atoms with Crippen molar-refractivity contribution in [2.75, 3.05) is 31.5 Å². The van der Waals surface area contributed by atoms with Crippen LogP contribution in [0, 0.1) is 5.92 Å². The van der Waals surface area contributed by atoms with Gasteiger partial charge in [0.25, 0.3) is 20.0 Å². The highest BCUT2D eigenvalue weighted by Crippen LogP contribution is 2.30. The quantitative estimate of drug-likeness (QED) is 0.374. The van der Waals surface area contributed by atoms with Gasteiger partial charge in [-0.25, -0.2) is 21.8 Å². The van der Waals surface area contributed by atoms with Gasteiger partial charge in [0.2, 0.25) is 5.91 Å². The van der Waals surface area contributed by atoms with Gasteiger partial charge >= 0.3 is 0 Å². The Kier molecular flexibility index (Phi) is 9.07. The molecule has 1 amide bonds. The number of carbonyl (C=O) groups is 1. The lowest BCUT2D eigenvalue weighted by atomic mass is 10.0. The summed E-state index contributed by atoms with van der Waals surface area (Å²) in [5.74, 6) is -0.280. The maximum atomic E-state index is 13.4. The van der Waals surface area contributed by atoms with Crippen LogP contribution in [0.1, 0.15) is 19.4 Å². The van der Waals surface area contributed by atoms with Crippen LogP contribution in [0.15, 0.2) is 71.0 Å². The normalized spacial score (nSPS) is 19.1. The van der Waals surface area contributed by atoms with Crippen molar-refractivity contribution in [3.05, 3.63) is 66.6 Å². The van der Waals surface area contributed by atoms with Crippen LogP contribution < -0.4 is 9.46 Å². The lowest BCUT2D eigenvalue weighted by Gasteiger charge is -2.33. The standard InChI is InChI=1S/C27H35N5O7S2/c1-19-14-32(20(2)17-33)27(34)13-21-12-22(29-40(35,36)23-8-6-5-7-9-23)10-11-24(21)39-25(19)15-31(4)41(37,38)26-16-30(3)18-28-26/h5-12,16,18-20,25,29,33H,13-15,17H2,1-4H3/t19-,20-,25+/m1/s1. The zero-order valence-electron chi connectivity index (χ0n) is 23.3. The predicted octanol–water partition coefficient (Wildman–Crippen LogP) is 1.69. The highest BCUT2D eigenvalue weighted by atomic mass is 32.2. The number of anilines is 1. The molecule has 0 spiro atoms. The molecule has 222 valence electrons. The number of nitrogens with one attached hydrogen (secondary N) is 1. The molecule has 3 atom stereocenters. The van der Waals surface area contributed by atoms with Crippen LogP contribution in [0.25, 0.3) is 0 Å². The van der Waals surface area contributed by atoms with Gasteiger partial charge in [0, 0.05) is 44.0 Å². The van der Waals surface area contributed by atoms with E-state index in [0.717, 1.165) is 4.31 Å². The van der Waals surface area contributed by atoms with E-state index in [1.54, 1.807) is 47.7 Å². The monoisotopic (exact) mass is 605 g/mol. The largest absolute Gasteiger partial charge is 0.488 e. The van der Waals surface area contributed by atoms with E-state index < -0.39 is 32.2 Å². The number of aryl methyl sites for hydroxylation is 1. The van der Waals surface area contributed by atoms with Crippen LogP contribution in [-0.4, -0.2) is 85.5 Å². The Hall–Kier alpha value is -3.46. The van der Waals surface area contributed by atoms with Crippen molar-refractivity contribution in [2.24, 2.45) is 13.0 Å². The number of hydrogen-bond donors (Lipinski definition) is 2. The van der Waals surface area contributed by atoms with Crippen molar-refractivity contribution in [3.63, 3.8) is 0 Å². The van der Waals surface area contributed by atoms with E-state index in [0.29, 0.717) is 11.3 Å². The van der Waals surface area contributed by atoms with Crippen molar-refractivity contribution >= 4 is 31.6 Å². The van der Waals surface area contributed by atoms with Crippen LogP contribution in [0.3, 0.4) is 0 Å². The van der Waals surface area contributed by atoms with Crippen molar-refractivity contribution in [2.45, 2.75) is 42.3 Å². The topological polar surface area (TPSA) is 151 Å². The van der Waals surface area contributed by atoms with Crippen LogP contribution in [-0.2, 0) is 38.3 Å².